The zero-order chi connectivity index (χ0) is 12.5. The maximum Gasteiger partial charge on any atom is 0.119 e. The molecule has 2 atom stereocenters. The summed E-state index contributed by atoms with van der Waals surface area (Å²) >= 11 is 0. The highest BCUT2D eigenvalue weighted by atomic mass is 16.5. The highest BCUT2D eigenvalue weighted by Gasteiger charge is 2.29. The predicted molar refractivity (Wildman–Crippen MR) is 74.5 cm³/mol. The number of hydrogen-bond acceptors (Lipinski definition) is 3. The molecule has 2 heterocycles. The molecule has 3 rings (SSSR count). The number of anilines is 1. The van der Waals surface area contributed by atoms with Gasteiger partial charge in [-0.2, -0.15) is 0 Å². The standard InChI is InChI=1S/C15H22N2O/c1-17-7-3-4-12(17)8-11-10-16-15-6-5-13(18-2)9-14(11)15/h5-6,9,11-12,16H,3-4,7-8,10H2,1-2H3/t11-,12-/m1/s1. The van der Waals surface area contributed by atoms with Crippen LogP contribution in [0.3, 0.4) is 0 Å². The van der Waals surface area contributed by atoms with E-state index in [-0.39, 0.29) is 0 Å². The normalized spacial score (nSPS) is 27.0. The van der Waals surface area contributed by atoms with E-state index in [0.717, 1.165) is 18.3 Å². The number of likely N-dealkylation sites (tertiary alicyclic amines) is 1. The van der Waals surface area contributed by atoms with Gasteiger partial charge in [0.25, 0.3) is 0 Å². The van der Waals surface area contributed by atoms with E-state index in [2.05, 4.69) is 29.4 Å². The smallest absolute Gasteiger partial charge is 0.119 e. The van der Waals surface area contributed by atoms with Gasteiger partial charge in [-0.15, -0.1) is 0 Å². The summed E-state index contributed by atoms with van der Waals surface area (Å²) in [5, 5.41) is 3.52. The van der Waals surface area contributed by atoms with Crippen LogP contribution in [0.15, 0.2) is 18.2 Å². The third-order valence-electron chi connectivity index (χ3n) is 4.47. The second-order valence-electron chi connectivity index (χ2n) is 5.54. The van der Waals surface area contributed by atoms with Crippen LogP contribution in [0.2, 0.25) is 0 Å². The van der Waals surface area contributed by atoms with Crippen molar-refractivity contribution >= 4 is 5.69 Å². The summed E-state index contributed by atoms with van der Waals surface area (Å²) in [4.78, 5) is 2.51. The SMILES string of the molecule is COc1ccc2c(c1)[C@H](C[C@H]1CCCN1C)CN2. The van der Waals surface area contributed by atoms with Gasteiger partial charge in [-0.3, -0.25) is 0 Å². The molecule has 0 spiro atoms. The molecule has 0 amide bonds. The maximum absolute atomic E-state index is 5.34. The molecule has 3 heteroatoms. The minimum atomic E-state index is 0.639. The van der Waals surface area contributed by atoms with E-state index in [4.69, 9.17) is 4.74 Å². The highest BCUT2D eigenvalue weighted by Crippen LogP contribution is 2.38. The molecule has 0 bridgehead atoms. The lowest BCUT2D eigenvalue weighted by Crippen LogP contribution is -2.27. The average molecular weight is 246 g/mol. The minimum Gasteiger partial charge on any atom is -0.497 e. The molecule has 3 nitrogen and oxygen atoms in total. The molecule has 1 aromatic carbocycles. The topological polar surface area (TPSA) is 24.5 Å². The largest absolute Gasteiger partial charge is 0.497 e. The summed E-state index contributed by atoms with van der Waals surface area (Å²) in [6, 6.07) is 7.14. The fourth-order valence-electron chi connectivity index (χ4n) is 3.33. The summed E-state index contributed by atoms with van der Waals surface area (Å²) in [5.41, 5.74) is 2.73. The van der Waals surface area contributed by atoms with Crippen LogP contribution in [0.5, 0.6) is 5.75 Å². The number of ether oxygens (including phenoxy) is 1. The summed E-state index contributed by atoms with van der Waals surface area (Å²) in [6.07, 6.45) is 3.97. The van der Waals surface area contributed by atoms with E-state index in [9.17, 15) is 0 Å². The molecule has 2 aliphatic rings. The Hall–Kier alpha value is -1.22. The Bertz CT molecular complexity index is 433. The van der Waals surface area contributed by atoms with Crippen molar-refractivity contribution in [1.29, 1.82) is 0 Å². The van der Waals surface area contributed by atoms with Crippen LogP contribution < -0.4 is 10.1 Å². The molecule has 0 aliphatic carbocycles. The molecule has 0 radical (unpaired) electrons. The Labute approximate surface area is 109 Å². The van der Waals surface area contributed by atoms with Crippen molar-refractivity contribution in [3.63, 3.8) is 0 Å². The van der Waals surface area contributed by atoms with Crippen molar-refractivity contribution in [3.05, 3.63) is 23.8 Å². The molecule has 98 valence electrons. The minimum absolute atomic E-state index is 0.639. The van der Waals surface area contributed by atoms with Crippen molar-refractivity contribution < 1.29 is 4.74 Å². The number of hydrogen-bond donors (Lipinski definition) is 1. The van der Waals surface area contributed by atoms with Gasteiger partial charge in [0, 0.05) is 24.2 Å². The first-order valence-electron chi connectivity index (χ1n) is 6.90. The van der Waals surface area contributed by atoms with Crippen LogP contribution in [-0.4, -0.2) is 38.2 Å². The monoisotopic (exact) mass is 246 g/mol. The predicted octanol–water partition coefficient (Wildman–Crippen LogP) is 2.69. The van der Waals surface area contributed by atoms with Crippen molar-refractivity contribution in [2.75, 3.05) is 32.6 Å². The van der Waals surface area contributed by atoms with Crippen LogP contribution in [0.25, 0.3) is 0 Å². The molecule has 2 aliphatic heterocycles. The summed E-state index contributed by atoms with van der Waals surface area (Å²) in [5.74, 6) is 1.61. The van der Waals surface area contributed by atoms with Gasteiger partial charge < -0.3 is 15.0 Å². The van der Waals surface area contributed by atoms with Gasteiger partial charge in [0.05, 0.1) is 7.11 Å². The Balaban J connectivity index is 1.76. The van der Waals surface area contributed by atoms with Crippen LogP contribution in [0, 0.1) is 0 Å². The molecule has 0 aromatic heterocycles. The Kier molecular flexibility index (Phi) is 3.16. The molecule has 18 heavy (non-hydrogen) atoms. The number of nitrogens with one attached hydrogen (secondary N) is 1. The average Bonchev–Trinajstić information content (AvgIpc) is 2.97. The Morgan fingerprint density at radius 1 is 1.44 bits per heavy atom. The molecule has 0 unspecified atom stereocenters. The third-order valence-corrected chi connectivity index (χ3v) is 4.47. The summed E-state index contributed by atoms with van der Waals surface area (Å²) in [7, 11) is 4.00. The fourth-order valence-corrected chi connectivity index (χ4v) is 3.33. The van der Waals surface area contributed by atoms with Crippen LogP contribution >= 0.6 is 0 Å². The van der Waals surface area contributed by atoms with Gasteiger partial charge in [0.1, 0.15) is 5.75 Å². The van der Waals surface area contributed by atoms with E-state index in [1.807, 2.05) is 6.07 Å². The molecule has 1 N–H and O–H groups in total. The first-order chi connectivity index (χ1) is 8.78. The first kappa shape index (κ1) is 11.8. The van der Waals surface area contributed by atoms with Gasteiger partial charge in [-0.1, -0.05) is 0 Å². The molecule has 1 fully saturated rings. The van der Waals surface area contributed by atoms with E-state index in [0.29, 0.717) is 5.92 Å². The fraction of sp³-hybridized carbons (Fsp3) is 0.600. The number of benzene rings is 1. The van der Waals surface area contributed by atoms with Crippen molar-refractivity contribution in [2.24, 2.45) is 0 Å². The van der Waals surface area contributed by atoms with Gasteiger partial charge in [0.2, 0.25) is 0 Å². The summed E-state index contributed by atoms with van der Waals surface area (Å²) in [6.45, 7) is 2.34. The second-order valence-corrected chi connectivity index (χ2v) is 5.54. The van der Waals surface area contributed by atoms with E-state index < -0.39 is 0 Å². The summed E-state index contributed by atoms with van der Waals surface area (Å²) < 4.78 is 5.34. The Morgan fingerprint density at radius 3 is 3.06 bits per heavy atom. The quantitative estimate of drug-likeness (QED) is 0.887. The molecule has 1 saturated heterocycles. The zero-order valence-corrected chi connectivity index (χ0v) is 11.3. The Morgan fingerprint density at radius 2 is 2.33 bits per heavy atom. The van der Waals surface area contributed by atoms with E-state index in [1.54, 1.807) is 7.11 Å². The molecule has 0 saturated carbocycles. The molecular formula is C15H22N2O. The number of fused-ring (bicyclic) bond motifs is 1. The molecular weight excluding hydrogens is 224 g/mol. The maximum atomic E-state index is 5.34. The third kappa shape index (κ3) is 2.07. The first-order valence-corrected chi connectivity index (χ1v) is 6.90. The lowest BCUT2D eigenvalue weighted by molar-refractivity contribution is 0.285. The van der Waals surface area contributed by atoms with Gasteiger partial charge >= 0.3 is 0 Å². The number of nitrogens with zero attached hydrogens (tertiary/aromatic N) is 1. The lowest BCUT2D eigenvalue weighted by atomic mass is 9.93. The van der Waals surface area contributed by atoms with Crippen LogP contribution in [-0.2, 0) is 0 Å². The van der Waals surface area contributed by atoms with Gasteiger partial charge in [-0.05, 0) is 56.6 Å². The van der Waals surface area contributed by atoms with Gasteiger partial charge in [-0.25, -0.2) is 0 Å². The van der Waals surface area contributed by atoms with Crippen molar-refractivity contribution in [2.45, 2.75) is 31.2 Å². The van der Waals surface area contributed by atoms with Crippen molar-refractivity contribution in [3.8, 4) is 5.75 Å². The van der Waals surface area contributed by atoms with Crippen LogP contribution in [0.4, 0.5) is 5.69 Å². The number of rotatable bonds is 3. The van der Waals surface area contributed by atoms with Crippen LogP contribution in [0.1, 0.15) is 30.7 Å². The van der Waals surface area contributed by atoms with Crippen molar-refractivity contribution in [1.82, 2.24) is 4.90 Å². The lowest BCUT2D eigenvalue weighted by Gasteiger charge is -2.22. The zero-order valence-electron chi connectivity index (χ0n) is 11.3. The van der Waals surface area contributed by atoms with E-state index >= 15 is 0 Å². The van der Waals surface area contributed by atoms with E-state index in [1.165, 1.54) is 37.1 Å². The highest BCUT2D eigenvalue weighted by molar-refractivity contribution is 5.60. The molecule has 1 aromatic rings. The number of methoxy groups -OCH3 is 1. The second kappa shape index (κ2) is 4.81. The van der Waals surface area contributed by atoms with Gasteiger partial charge in [0.15, 0.2) is 0 Å².